The molecular formula is C34H38N4O6S. The maximum Gasteiger partial charge on any atom is 0.301 e. The minimum atomic E-state index is -3.80. The molecule has 4 aromatic carbocycles. The summed E-state index contributed by atoms with van der Waals surface area (Å²) in [6.07, 6.45) is -0.126. The molecule has 0 spiro atoms. The number of nitrogens with zero attached hydrogens (tertiary/aromatic N) is 1. The number of carbonyl (C=O) groups excluding carboxylic acids is 1. The van der Waals surface area contributed by atoms with Crippen LogP contribution in [0.25, 0.3) is 11.1 Å². The van der Waals surface area contributed by atoms with E-state index in [9.17, 15) is 18.3 Å². The number of aliphatic hydroxyl groups is 1. The van der Waals surface area contributed by atoms with Gasteiger partial charge >= 0.3 is 10.2 Å². The molecule has 1 aliphatic rings. The van der Waals surface area contributed by atoms with Gasteiger partial charge in [-0.25, -0.2) is 0 Å². The van der Waals surface area contributed by atoms with E-state index in [2.05, 4.69) is 21.4 Å². The van der Waals surface area contributed by atoms with E-state index in [1.807, 2.05) is 60.7 Å². The third-order valence-electron chi connectivity index (χ3n) is 7.40. The molecule has 10 nitrogen and oxygen atoms in total. The van der Waals surface area contributed by atoms with Crippen LogP contribution in [-0.4, -0.2) is 57.5 Å². The van der Waals surface area contributed by atoms with Crippen molar-refractivity contribution in [2.45, 2.75) is 26.1 Å². The molecule has 0 radical (unpaired) electrons. The van der Waals surface area contributed by atoms with Gasteiger partial charge in [0.1, 0.15) is 24.7 Å². The highest BCUT2D eigenvalue weighted by Crippen LogP contribution is 2.39. The molecule has 1 aliphatic carbocycles. The predicted molar refractivity (Wildman–Crippen MR) is 176 cm³/mol. The summed E-state index contributed by atoms with van der Waals surface area (Å²) in [6.45, 7) is 2.89. The van der Waals surface area contributed by atoms with Crippen molar-refractivity contribution in [2.24, 2.45) is 0 Å². The molecule has 0 bridgehead atoms. The van der Waals surface area contributed by atoms with Crippen molar-refractivity contribution in [1.82, 2.24) is 9.62 Å². The molecule has 0 saturated heterocycles. The topological polar surface area (TPSA) is 129 Å². The second kappa shape index (κ2) is 14.1. The number of hydrogen-bond donors (Lipinski definition) is 4. The van der Waals surface area contributed by atoms with Gasteiger partial charge < -0.3 is 25.2 Å². The molecule has 0 aliphatic heterocycles. The molecule has 5 rings (SSSR count). The molecule has 236 valence electrons. The Morgan fingerprint density at radius 3 is 2.40 bits per heavy atom. The van der Waals surface area contributed by atoms with E-state index < -0.39 is 16.3 Å². The van der Waals surface area contributed by atoms with Gasteiger partial charge in [-0.3, -0.25) is 9.52 Å². The van der Waals surface area contributed by atoms with Gasteiger partial charge in [0.15, 0.2) is 0 Å². The number of aliphatic hydroxyl groups excluding tert-OH is 1. The SMILES string of the molecule is CC(=O)Nc1ccc2c(c1)Cc1cc(OCCNCC(O)c3ccc(OCc4ccccc4)c(NS(=O)(=O)N(C)C)c3)ccc1-2. The van der Waals surface area contributed by atoms with Crippen LogP contribution in [0.4, 0.5) is 11.4 Å². The molecule has 4 N–H and O–H groups in total. The van der Waals surface area contributed by atoms with Crippen LogP contribution >= 0.6 is 0 Å². The summed E-state index contributed by atoms with van der Waals surface area (Å²) >= 11 is 0. The second-order valence-electron chi connectivity index (χ2n) is 11.0. The maximum absolute atomic E-state index is 12.6. The Morgan fingerprint density at radius 1 is 0.933 bits per heavy atom. The fraction of sp³-hybridized carbons (Fsp3) is 0.265. The zero-order valence-corrected chi connectivity index (χ0v) is 26.4. The average molecular weight is 631 g/mol. The van der Waals surface area contributed by atoms with Crippen molar-refractivity contribution in [2.75, 3.05) is 43.8 Å². The van der Waals surface area contributed by atoms with Gasteiger partial charge in [0, 0.05) is 39.8 Å². The number of rotatable bonds is 14. The highest BCUT2D eigenvalue weighted by Gasteiger charge is 2.20. The Hall–Kier alpha value is -4.42. The zero-order chi connectivity index (χ0) is 32.0. The number of nitrogens with one attached hydrogen (secondary N) is 3. The van der Waals surface area contributed by atoms with E-state index in [-0.39, 0.29) is 24.7 Å². The van der Waals surface area contributed by atoms with E-state index in [1.54, 1.807) is 18.2 Å². The van der Waals surface area contributed by atoms with Gasteiger partial charge in [0.05, 0.1) is 11.8 Å². The number of carbonyl (C=O) groups is 1. The van der Waals surface area contributed by atoms with Gasteiger partial charge in [0.2, 0.25) is 5.91 Å². The minimum absolute atomic E-state index is 0.0958. The van der Waals surface area contributed by atoms with Crippen LogP contribution in [0.2, 0.25) is 0 Å². The Kier molecular flexibility index (Phi) is 10.0. The minimum Gasteiger partial charge on any atom is -0.492 e. The van der Waals surface area contributed by atoms with Crippen LogP contribution in [0.5, 0.6) is 11.5 Å². The van der Waals surface area contributed by atoms with Gasteiger partial charge in [-0.15, -0.1) is 0 Å². The number of amides is 1. The molecule has 0 fully saturated rings. The van der Waals surface area contributed by atoms with Gasteiger partial charge in [0.25, 0.3) is 0 Å². The monoisotopic (exact) mass is 630 g/mol. The summed E-state index contributed by atoms with van der Waals surface area (Å²) < 4.78 is 40.7. The summed E-state index contributed by atoms with van der Waals surface area (Å²) in [5, 5.41) is 16.9. The average Bonchev–Trinajstić information content (AvgIpc) is 3.37. The Morgan fingerprint density at radius 2 is 1.67 bits per heavy atom. The van der Waals surface area contributed by atoms with Crippen LogP contribution in [-0.2, 0) is 28.0 Å². The first-order valence-corrected chi connectivity index (χ1v) is 16.1. The molecule has 45 heavy (non-hydrogen) atoms. The van der Waals surface area contributed by atoms with E-state index in [1.165, 1.54) is 26.6 Å². The van der Waals surface area contributed by atoms with Crippen molar-refractivity contribution >= 4 is 27.5 Å². The molecule has 1 unspecified atom stereocenters. The number of benzene rings is 4. The predicted octanol–water partition coefficient (Wildman–Crippen LogP) is 4.72. The Bertz CT molecular complexity index is 1760. The Labute approximate surface area is 264 Å². The number of anilines is 2. The Balaban J connectivity index is 1.14. The fourth-order valence-electron chi connectivity index (χ4n) is 5.08. The highest BCUT2D eigenvalue weighted by atomic mass is 32.2. The smallest absolute Gasteiger partial charge is 0.301 e. The van der Waals surface area contributed by atoms with Crippen molar-refractivity contribution in [1.29, 1.82) is 0 Å². The molecule has 11 heteroatoms. The van der Waals surface area contributed by atoms with E-state index >= 15 is 0 Å². The lowest BCUT2D eigenvalue weighted by Gasteiger charge is -2.19. The molecular weight excluding hydrogens is 592 g/mol. The molecule has 1 atom stereocenters. The standard InChI is InChI=1S/C34H38N4O6S/c1-23(39)36-28-10-12-30-26(18-28)17-27-19-29(11-13-31(27)30)43-16-15-35-21-33(40)25-9-14-34(44-22-24-7-5-4-6-8-24)32(20-25)37-45(41,42)38(2)3/h4-14,18-20,33,35,37,40H,15-17,21-22H2,1-3H3,(H,36,39). The first-order chi connectivity index (χ1) is 21.6. The van der Waals surface area contributed by atoms with Gasteiger partial charge in [-0.2, -0.15) is 12.7 Å². The van der Waals surface area contributed by atoms with Crippen LogP contribution in [0.3, 0.4) is 0 Å². The summed E-state index contributed by atoms with van der Waals surface area (Å²) in [5.41, 5.74) is 7.16. The van der Waals surface area contributed by atoms with E-state index in [0.717, 1.165) is 44.4 Å². The van der Waals surface area contributed by atoms with E-state index in [4.69, 9.17) is 9.47 Å². The van der Waals surface area contributed by atoms with Crippen molar-refractivity contribution in [3.63, 3.8) is 0 Å². The number of fused-ring (bicyclic) bond motifs is 3. The van der Waals surface area contributed by atoms with Crippen molar-refractivity contribution in [3.05, 3.63) is 107 Å². The molecule has 1 amide bonds. The summed E-state index contributed by atoms with van der Waals surface area (Å²) in [7, 11) is -0.932. The maximum atomic E-state index is 12.6. The largest absolute Gasteiger partial charge is 0.492 e. The lowest BCUT2D eigenvalue weighted by molar-refractivity contribution is -0.114. The molecule has 4 aromatic rings. The molecule has 0 saturated carbocycles. The number of ether oxygens (including phenoxy) is 2. The summed E-state index contributed by atoms with van der Waals surface area (Å²) in [4.78, 5) is 11.4. The number of hydrogen-bond acceptors (Lipinski definition) is 7. The first-order valence-electron chi connectivity index (χ1n) is 14.7. The van der Waals surface area contributed by atoms with Crippen molar-refractivity contribution in [3.8, 4) is 22.6 Å². The van der Waals surface area contributed by atoms with Gasteiger partial charge in [-0.1, -0.05) is 48.5 Å². The highest BCUT2D eigenvalue weighted by molar-refractivity contribution is 7.90. The zero-order valence-electron chi connectivity index (χ0n) is 25.5. The lowest BCUT2D eigenvalue weighted by atomic mass is 10.1. The summed E-state index contributed by atoms with van der Waals surface area (Å²) in [5.74, 6) is 1.02. The summed E-state index contributed by atoms with van der Waals surface area (Å²) in [6, 6.07) is 26.5. The first kappa shape index (κ1) is 32.0. The van der Waals surface area contributed by atoms with E-state index in [0.29, 0.717) is 24.5 Å². The van der Waals surface area contributed by atoms with Crippen LogP contribution in [0.1, 0.15) is 35.3 Å². The lowest BCUT2D eigenvalue weighted by Crippen LogP contribution is -2.29. The fourth-order valence-corrected chi connectivity index (χ4v) is 5.70. The van der Waals surface area contributed by atoms with Crippen molar-refractivity contribution < 1.29 is 27.8 Å². The van der Waals surface area contributed by atoms with Gasteiger partial charge in [-0.05, 0) is 76.2 Å². The normalized spacial score (nSPS) is 12.7. The van der Waals surface area contributed by atoms with Crippen LogP contribution in [0, 0.1) is 0 Å². The van der Waals surface area contributed by atoms with Crippen LogP contribution in [0.15, 0.2) is 84.9 Å². The van der Waals surface area contributed by atoms with Crippen LogP contribution < -0.4 is 24.8 Å². The third-order valence-corrected chi connectivity index (χ3v) is 8.84. The molecule has 0 aromatic heterocycles. The quantitative estimate of drug-likeness (QED) is 0.131. The molecule has 0 heterocycles. The second-order valence-corrected chi connectivity index (χ2v) is 12.9. The third kappa shape index (κ3) is 8.20.